The highest BCUT2D eigenvalue weighted by Gasteiger charge is 2.24. The molecule has 12 nitrogen and oxygen atoms in total. The Balaban J connectivity index is 1.24. The largest absolute Gasteiger partial charge is 0.379 e. The van der Waals surface area contributed by atoms with Gasteiger partial charge in [0, 0.05) is 34.9 Å². The van der Waals surface area contributed by atoms with Crippen LogP contribution >= 0.6 is 0 Å². The van der Waals surface area contributed by atoms with Gasteiger partial charge in [0.25, 0.3) is 0 Å². The Labute approximate surface area is 341 Å². The molecule has 0 atom stereocenters. The van der Waals surface area contributed by atoms with E-state index in [1.165, 1.54) is 54.6 Å². The Kier molecular flexibility index (Phi) is 13.5. The van der Waals surface area contributed by atoms with Crippen LogP contribution in [-0.4, -0.2) is 28.9 Å². The number of carbonyl (C=O) groups is 2. The topological polar surface area (TPSA) is 169 Å². The minimum Gasteiger partial charge on any atom is -0.379 e. The van der Waals surface area contributed by atoms with E-state index in [-0.39, 0.29) is 34.7 Å². The highest BCUT2D eigenvalue weighted by Crippen LogP contribution is 2.31. The molecule has 4 N–H and O–H groups in total. The molecule has 306 valence electrons. The third-order valence-corrected chi connectivity index (χ3v) is 11.7. The lowest BCUT2D eigenvalue weighted by molar-refractivity contribution is 0.261. The van der Waals surface area contributed by atoms with Gasteiger partial charge in [-0.05, 0) is 101 Å². The van der Waals surface area contributed by atoms with Gasteiger partial charge < -0.3 is 29.6 Å². The SMILES string of the molecule is CC(C)c1ccc(NC(=O)Nc2cccc(OS(=O)(=O)c3cccc(S(=O)(=O)Oc4cccc(NC(=O)Nc5ccc(C(C)C)cc5C(C)C)c4)c3)c2)c(C(C)C)c1. The second-order valence-corrected chi connectivity index (χ2v) is 18.2. The summed E-state index contributed by atoms with van der Waals surface area (Å²) in [6.45, 7) is 16.6. The van der Waals surface area contributed by atoms with Crippen molar-refractivity contribution in [1.82, 2.24) is 0 Å². The van der Waals surface area contributed by atoms with E-state index in [0.717, 1.165) is 28.3 Å². The molecule has 0 spiro atoms. The molecule has 4 amide bonds. The van der Waals surface area contributed by atoms with Crippen LogP contribution in [0.5, 0.6) is 11.5 Å². The maximum absolute atomic E-state index is 13.4. The number of urea groups is 2. The first-order valence-electron chi connectivity index (χ1n) is 18.9. The van der Waals surface area contributed by atoms with E-state index in [9.17, 15) is 26.4 Å². The molecule has 0 aliphatic heterocycles. The fourth-order valence-electron chi connectivity index (χ4n) is 6.02. The van der Waals surface area contributed by atoms with Gasteiger partial charge in [0.15, 0.2) is 0 Å². The number of benzene rings is 5. The van der Waals surface area contributed by atoms with Crippen LogP contribution in [0.25, 0.3) is 0 Å². The van der Waals surface area contributed by atoms with E-state index < -0.39 is 42.1 Å². The summed E-state index contributed by atoms with van der Waals surface area (Å²) < 4.78 is 64.2. The van der Waals surface area contributed by atoms with E-state index in [1.54, 1.807) is 12.1 Å². The Bertz CT molecular complexity index is 2350. The summed E-state index contributed by atoms with van der Waals surface area (Å²) in [6, 6.07) is 26.9. The molecule has 14 heteroatoms. The molecule has 0 aliphatic carbocycles. The highest BCUT2D eigenvalue weighted by molar-refractivity contribution is 7.88. The van der Waals surface area contributed by atoms with Crippen molar-refractivity contribution in [1.29, 1.82) is 0 Å². The number of rotatable bonds is 14. The number of carbonyl (C=O) groups excluding carboxylic acids is 2. The lowest BCUT2D eigenvalue weighted by Gasteiger charge is -2.17. The molecule has 0 aliphatic rings. The normalized spacial score (nSPS) is 11.8. The summed E-state index contributed by atoms with van der Waals surface area (Å²) in [6.07, 6.45) is 0. The van der Waals surface area contributed by atoms with Crippen molar-refractivity contribution in [2.24, 2.45) is 0 Å². The van der Waals surface area contributed by atoms with Gasteiger partial charge in [-0.25, -0.2) is 9.59 Å². The molecular weight excluding hydrogens is 777 g/mol. The quantitative estimate of drug-likeness (QED) is 0.0802. The van der Waals surface area contributed by atoms with E-state index in [0.29, 0.717) is 23.2 Å². The predicted molar refractivity (Wildman–Crippen MR) is 229 cm³/mol. The summed E-state index contributed by atoms with van der Waals surface area (Å²) in [5, 5.41) is 11.1. The van der Waals surface area contributed by atoms with Gasteiger partial charge in [0.2, 0.25) is 0 Å². The smallest absolute Gasteiger partial charge is 0.339 e. The van der Waals surface area contributed by atoms with Crippen LogP contribution in [0.2, 0.25) is 0 Å². The van der Waals surface area contributed by atoms with Crippen LogP contribution in [0.1, 0.15) is 101 Å². The fraction of sp³-hybridized carbons (Fsp3) is 0.273. The van der Waals surface area contributed by atoms with E-state index in [2.05, 4.69) is 61.1 Å². The Morgan fingerprint density at radius 3 is 1.19 bits per heavy atom. The molecule has 5 aromatic carbocycles. The first kappa shape index (κ1) is 43.3. The van der Waals surface area contributed by atoms with Gasteiger partial charge in [-0.15, -0.1) is 0 Å². The molecule has 58 heavy (non-hydrogen) atoms. The molecule has 0 saturated heterocycles. The lowest BCUT2D eigenvalue weighted by atomic mass is 9.94. The first-order chi connectivity index (χ1) is 27.3. The molecule has 0 radical (unpaired) electrons. The molecule has 5 rings (SSSR count). The molecule has 0 fully saturated rings. The molecule has 0 unspecified atom stereocenters. The molecule has 0 saturated carbocycles. The molecule has 0 heterocycles. The number of amides is 4. The second kappa shape index (κ2) is 18.2. The Hall–Kier alpha value is -5.86. The fourth-order valence-corrected chi connectivity index (χ4v) is 8.03. The summed E-state index contributed by atoms with van der Waals surface area (Å²) in [7, 11) is -9.11. The van der Waals surface area contributed by atoms with Crippen molar-refractivity contribution in [2.75, 3.05) is 21.3 Å². The van der Waals surface area contributed by atoms with Gasteiger partial charge in [0.05, 0.1) is 0 Å². The van der Waals surface area contributed by atoms with Gasteiger partial charge in [0.1, 0.15) is 21.3 Å². The zero-order chi connectivity index (χ0) is 42.4. The van der Waals surface area contributed by atoms with Crippen LogP contribution in [0.4, 0.5) is 32.3 Å². The van der Waals surface area contributed by atoms with Crippen molar-refractivity contribution in [2.45, 2.75) is 88.9 Å². The van der Waals surface area contributed by atoms with Gasteiger partial charge in [-0.2, -0.15) is 16.8 Å². The third kappa shape index (κ3) is 11.2. The van der Waals surface area contributed by atoms with Crippen LogP contribution < -0.4 is 29.6 Å². The maximum Gasteiger partial charge on any atom is 0.339 e. The van der Waals surface area contributed by atoms with Gasteiger partial charge in [-0.1, -0.05) is 97.9 Å². The minimum absolute atomic E-state index is 0.118. The number of nitrogens with one attached hydrogen (secondary N) is 4. The standard InChI is InChI=1S/C44H50N4O8S2/c1-27(2)31-18-20-41(39(22-31)29(5)6)47-43(49)45-33-12-9-14-35(24-33)55-57(51,52)37-16-11-17-38(26-37)58(53,54)56-36-15-10-13-34(25-36)46-44(50)48-42-21-19-32(28(3)4)23-40(42)30(7)8/h9-30H,1-8H3,(H2,45,47,49)(H2,46,48,50). The van der Waals surface area contributed by atoms with E-state index >= 15 is 0 Å². The van der Waals surface area contributed by atoms with E-state index in [4.69, 9.17) is 8.37 Å². The molecular formula is C44H50N4O8S2. The summed E-state index contributed by atoms with van der Waals surface area (Å²) in [5.74, 6) is 0.722. The van der Waals surface area contributed by atoms with Crippen LogP contribution in [-0.2, 0) is 20.2 Å². The zero-order valence-corrected chi connectivity index (χ0v) is 35.4. The number of hydrogen-bond acceptors (Lipinski definition) is 8. The van der Waals surface area contributed by atoms with Crippen molar-refractivity contribution < 1.29 is 34.8 Å². The lowest BCUT2D eigenvalue weighted by Crippen LogP contribution is -2.20. The maximum atomic E-state index is 13.4. The molecule has 5 aromatic rings. The predicted octanol–water partition coefficient (Wildman–Crippen LogP) is 11.0. The van der Waals surface area contributed by atoms with Crippen LogP contribution in [0, 0.1) is 0 Å². The minimum atomic E-state index is -4.55. The van der Waals surface area contributed by atoms with Crippen molar-refractivity contribution in [3.05, 3.63) is 131 Å². The third-order valence-electron chi connectivity index (χ3n) is 9.20. The highest BCUT2D eigenvalue weighted by atomic mass is 32.2. The summed E-state index contributed by atoms with van der Waals surface area (Å²) in [4.78, 5) is 25.1. The zero-order valence-electron chi connectivity index (χ0n) is 33.8. The molecule has 0 aromatic heterocycles. The number of anilines is 4. The average molecular weight is 827 g/mol. The van der Waals surface area contributed by atoms with Gasteiger partial charge in [-0.3, -0.25) is 0 Å². The Morgan fingerprint density at radius 1 is 0.448 bits per heavy atom. The van der Waals surface area contributed by atoms with Crippen LogP contribution in [0.3, 0.4) is 0 Å². The number of hydrogen-bond donors (Lipinski definition) is 4. The van der Waals surface area contributed by atoms with Crippen molar-refractivity contribution in [3.63, 3.8) is 0 Å². The summed E-state index contributed by atoms with van der Waals surface area (Å²) in [5.41, 5.74) is 6.09. The average Bonchev–Trinajstić information content (AvgIpc) is 3.14. The van der Waals surface area contributed by atoms with Crippen molar-refractivity contribution >= 4 is 55.0 Å². The van der Waals surface area contributed by atoms with Gasteiger partial charge >= 0.3 is 32.3 Å². The second-order valence-electron chi connectivity index (χ2n) is 15.1. The Morgan fingerprint density at radius 2 is 0.828 bits per heavy atom. The van der Waals surface area contributed by atoms with Crippen molar-refractivity contribution in [3.8, 4) is 11.5 Å². The first-order valence-corrected chi connectivity index (χ1v) is 21.8. The summed E-state index contributed by atoms with van der Waals surface area (Å²) >= 11 is 0. The monoisotopic (exact) mass is 826 g/mol. The van der Waals surface area contributed by atoms with E-state index in [1.807, 2.05) is 52.0 Å². The molecule has 0 bridgehead atoms. The van der Waals surface area contributed by atoms with Crippen LogP contribution in [0.15, 0.2) is 119 Å².